The molecule has 142 valence electrons. The number of nitrogens with one attached hydrogen (secondary N) is 1. The minimum Gasteiger partial charge on any atom is -0.497 e. The van der Waals surface area contributed by atoms with Crippen LogP contribution in [0.1, 0.15) is 44.9 Å². The maximum atomic E-state index is 10.3. The number of rotatable bonds is 8. The van der Waals surface area contributed by atoms with E-state index < -0.39 is 6.10 Å². The van der Waals surface area contributed by atoms with Gasteiger partial charge in [0.05, 0.1) is 7.11 Å². The molecule has 2 aromatic rings. The SMILES string of the molecule is COc1ccc(OC[C@H](O)CN[C@H](C)c2ccccc2)c(C(C)(C)C)c1. The van der Waals surface area contributed by atoms with Crippen molar-refractivity contribution in [3.05, 3.63) is 59.7 Å². The van der Waals surface area contributed by atoms with Crippen LogP contribution in [0.4, 0.5) is 0 Å². The molecule has 2 atom stereocenters. The molecule has 2 rings (SSSR count). The van der Waals surface area contributed by atoms with Crippen molar-refractivity contribution in [1.82, 2.24) is 5.32 Å². The summed E-state index contributed by atoms with van der Waals surface area (Å²) in [5.74, 6) is 1.59. The molecule has 2 N–H and O–H groups in total. The summed E-state index contributed by atoms with van der Waals surface area (Å²) in [5.41, 5.74) is 2.19. The van der Waals surface area contributed by atoms with Crippen LogP contribution < -0.4 is 14.8 Å². The lowest BCUT2D eigenvalue weighted by atomic mass is 9.86. The maximum Gasteiger partial charge on any atom is 0.123 e. The number of hydrogen-bond acceptors (Lipinski definition) is 4. The maximum absolute atomic E-state index is 10.3. The molecule has 0 saturated carbocycles. The third-order valence-corrected chi connectivity index (χ3v) is 4.39. The van der Waals surface area contributed by atoms with E-state index >= 15 is 0 Å². The van der Waals surface area contributed by atoms with Gasteiger partial charge in [0.1, 0.15) is 24.2 Å². The number of methoxy groups -OCH3 is 1. The van der Waals surface area contributed by atoms with Crippen LogP contribution in [0.5, 0.6) is 11.5 Å². The van der Waals surface area contributed by atoms with E-state index in [0.717, 1.165) is 17.1 Å². The molecule has 0 bridgehead atoms. The summed E-state index contributed by atoms with van der Waals surface area (Å²) in [6.07, 6.45) is -0.587. The third kappa shape index (κ3) is 5.75. The van der Waals surface area contributed by atoms with Gasteiger partial charge in [-0.2, -0.15) is 0 Å². The molecule has 0 saturated heterocycles. The highest BCUT2D eigenvalue weighted by molar-refractivity contribution is 5.44. The Morgan fingerprint density at radius 1 is 1.08 bits per heavy atom. The van der Waals surface area contributed by atoms with Crippen LogP contribution in [0, 0.1) is 0 Å². The van der Waals surface area contributed by atoms with Crippen LogP contribution in [0.15, 0.2) is 48.5 Å². The summed E-state index contributed by atoms with van der Waals surface area (Å²) in [5, 5.41) is 13.6. The standard InChI is InChI=1S/C22H31NO3/c1-16(17-9-7-6-8-10-17)23-14-18(24)15-26-21-12-11-19(25-5)13-20(21)22(2,3)4/h6-13,16,18,23-24H,14-15H2,1-5H3/t16-,18-/m1/s1. The van der Waals surface area contributed by atoms with E-state index in [1.54, 1.807) is 7.11 Å². The van der Waals surface area contributed by atoms with Crippen LogP contribution in [0.2, 0.25) is 0 Å². The molecule has 0 aliphatic rings. The van der Waals surface area contributed by atoms with Gasteiger partial charge in [-0.05, 0) is 36.1 Å². The zero-order chi connectivity index (χ0) is 19.2. The summed E-state index contributed by atoms with van der Waals surface area (Å²) in [7, 11) is 1.66. The number of aliphatic hydroxyl groups excluding tert-OH is 1. The van der Waals surface area contributed by atoms with Crippen LogP contribution in [0.25, 0.3) is 0 Å². The first-order valence-corrected chi connectivity index (χ1v) is 9.09. The molecule has 0 fully saturated rings. The first kappa shape index (κ1) is 20.3. The van der Waals surface area contributed by atoms with E-state index in [0.29, 0.717) is 6.54 Å². The Labute approximate surface area is 157 Å². The number of benzene rings is 2. The molecule has 0 unspecified atom stereocenters. The highest BCUT2D eigenvalue weighted by atomic mass is 16.5. The minimum atomic E-state index is -0.587. The quantitative estimate of drug-likeness (QED) is 0.747. The number of ether oxygens (including phenoxy) is 2. The predicted molar refractivity (Wildman–Crippen MR) is 106 cm³/mol. The predicted octanol–water partition coefficient (Wildman–Crippen LogP) is 4.08. The molecule has 0 aliphatic heterocycles. The van der Waals surface area contributed by atoms with E-state index in [4.69, 9.17) is 9.47 Å². The Hall–Kier alpha value is -2.04. The van der Waals surface area contributed by atoms with Gasteiger partial charge >= 0.3 is 0 Å². The lowest BCUT2D eigenvalue weighted by Crippen LogP contribution is -2.33. The van der Waals surface area contributed by atoms with E-state index in [9.17, 15) is 5.11 Å². The van der Waals surface area contributed by atoms with Crippen molar-refractivity contribution in [2.45, 2.75) is 45.3 Å². The van der Waals surface area contributed by atoms with Crippen LogP contribution >= 0.6 is 0 Å². The molecule has 4 nitrogen and oxygen atoms in total. The molecular formula is C22H31NO3. The second-order valence-corrected chi connectivity index (χ2v) is 7.62. The molecule has 2 aromatic carbocycles. The van der Waals surface area contributed by atoms with Crippen LogP contribution in [-0.4, -0.2) is 31.5 Å². The van der Waals surface area contributed by atoms with Gasteiger partial charge in [0.15, 0.2) is 0 Å². The lowest BCUT2D eigenvalue weighted by Gasteiger charge is -2.24. The summed E-state index contributed by atoms with van der Waals surface area (Å²) in [6, 6.07) is 16.2. The van der Waals surface area contributed by atoms with Crippen molar-refractivity contribution >= 4 is 0 Å². The highest BCUT2D eigenvalue weighted by Gasteiger charge is 2.20. The van der Waals surface area contributed by atoms with Gasteiger partial charge in [0.2, 0.25) is 0 Å². The zero-order valence-corrected chi connectivity index (χ0v) is 16.5. The molecule has 0 heterocycles. The third-order valence-electron chi connectivity index (χ3n) is 4.39. The second-order valence-electron chi connectivity index (χ2n) is 7.62. The fourth-order valence-electron chi connectivity index (χ4n) is 2.77. The Balaban J connectivity index is 1.92. The van der Waals surface area contributed by atoms with E-state index in [1.165, 1.54) is 5.56 Å². The van der Waals surface area contributed by atoms with E-state index in [1.807, 2.05) is 36.4 Å². The largest absolute Gasteiger partial charge is 0.497 e. The van der Waals surface area contributed by atoms with Gasteiger partial charge in [0, 0.05) is 18.2 Å². The topological polar surface area (TPSA) is 50.7 Å². The van der Waals surface area contributed by atoms with Gasteiger partial charge < -0.3 is 19.9 Å². The average molecular weight is 357 g/mol. The van der Waals surface area contributed by atoms with Crippen molar-refractivity contribution in [1.29, 1.82) is 0 Å². The Bertz CT molecular complexity index is 680. The Kier molecular flexibility index (Phi) is 7.06. The van der Waals surface area contributed by atoms with Crippen LogP contribution in [0.3, 0.4) is 0 Å². The summed E-state index contributed by atoms with van der Waals surface area (Å²) >= 11 is 0. The molecule has 0 aliphatic carbocycles. The van der Waals surface area contributed by atoms with Gasteiger partial charge in [-0.3, -0.25) is 0 Å². The van der Waals surface area contributed by atoms with E-state index in [2.05, 4.69) is 45.1 Å². The molecular weight excluding hydrogens is 326 g/mol. The van der Waals surface area contributed by atoms with Crippen molar-refractivity contribution in [3.8, 4) is 11.5 Å². The molecule has 0 aromatic heterocycles. The fraction of sp³-hybridized carbons (Fsp3) is 0.455. The van der Waals surface area contributed by atoms with Gasteiger partial charge in [-0.25, -0.2) is 0 Å². The zero-order valence-electron chi connectivity index (χ0n) is 16.5. The van der Waals surface area contributed by atoms with Crippen molar-refractivity contribution in [2.24, 2.45) is 0 Å². The van der Waals surface area contributed by atoms with Crippen molar-refractivity contribution in [3.63, 3.8) is 0 Å². The van der Waals surface area contributed by atoms with Crippen molar-refractivity contribution in [2.75, 3.05) is 20.3 Å². The Morgan fingerprint density at radius 2 is 1.77 bits per heavy atom. The highest BCUT2D eigenvalue weighted by Crippen LogP contribution is 2.34. The molecule has 26 heavy (non-hydrogen) atoms. The summed E-state index contributed by atoms with van der Waals surface area (Å²) < 4.78 is 11.2. The smallest absolute Gasteiger partial charge is 0.123 e. The molecule has 0 radical (unpaired) electrons. The second kappa shape index (κ2) is 9.06. The van der Waals surface area contributed by atoms with Crippen molar-refractivity contribution < 1.29 is 14.6 Å². The average Bonchev–Trinajstić information content (AvgIpc) is 2.64. The summed E-state index contributed by atoms with van der Waals surface area (Å²) in [6.45, 7) is 9.20. The van der Waals surface area contributed by atoms with E-state index in [-0.39, 0.29) is 18.1 Å². The first-order valence-electron chi connectivity index (χ1n) is 9.09. The fourth-order valence-corrected chi connectivity index (χ4v) is 2.77. The lowest BCUT2D eigenvalue weighted by molar-refractivity contribution is 0.103. The number of hydrogen-bond donors (Lipinski definition) is 2. The molecule has 0 amide bonds. The monoisotopic (exact) mass is 357 g/mol. The Morgan fingerprint density at radius 3 is 2.38 bits per heavy atom. The first-order chi connectivity index (χ1) is 12.3. The van der Waals surface area contributed by atoms with Crippen LogP contribution in [-0.2, 0) is 5.41 Å². The van der Waals surface area contributed by atoms with Gasteiger partial charge in [0.25, 0.3) is 0 Å². The normalized spacial score (nSPS) is 13.9. The minimum absolute atomic E-state index is 0.0745. The van der Waals surface area contributed by atoms with Gasteiger partial charge in [-0.1, -0.05) is 51.1 Å². The molecule has 4 heteroatoms. The number of aliphatic hydroxyl groups is 1. The molecule has 0 spiro atoms. The summed E-state index contributed by atoms with van der Waals surface area (Å²) in [4.78, 5) is 0. The van der Waals surface area contributed by atoms with Gasteiger partial charge in [-0.15, -0.1) is 0 Å².